The summed E-state index contributed by atoms with van der Waals surface area (Å²) in [5.41, 5.74) is 0. The third kappa shape index (κ3) is 4.47. The van der Waals surface area contributed by atoms with Crippen LogP contribution >= 0.6 is 11.6 Å². The molecule has 0 aromatic carbocycles. The third-order valence-corrected chi connectivity index (χ3v) is 3.68. The van der Waals surface area contributed by atoms with Gasteiger partial charge < -0.3 is 20.3 Å². The highest BCUT2D eigenvalue weighted by molar-refractivity contribution is 6.32. The number of hydrogen-bond donors (Lipinski definition) is 2. The van der Waals surface area contributed by atoms with Crippen molar-refractivity contribution >= 4 is 23.4 Å². The molecule has 2 heterocycles. The van der Waals surface area contributed by atoms with E-state index in [0.29, 0.717) is 17.7 Å². The van der Waals surface area contributed by atoms with E-state index in [2.05, 4.69) is 25.5 Å². The second-order valence-corrected chi connectivity index (χ2v) is 5.28. The highest BCUT2D eigenvalue weighted by Crippen LogP contribution is 2.25. The second kappa shape index (κ2) is 8.05. The first-order valence-electron chi connectivity index (χ1n) is 7.06. The average molecular weight is 312 g/mol. The molecule has 1 atom stereocenters. The molecule has 0 saturated carbocycles. The predicted molar refractivity (Wildman–Crippen MR) is 86.2 cm³/mol. The summed E-state index contributed by atoms with van der Waals surface area (Å²) >= 11 is 6.19. The van der Waals surface area contributed by atoms with Crippen LogP contribution in [-0.4, -0.2) is 57.4 Å². The summed E-state index contributed by atoms with van der Waals surface area (Å²) in [5.74, 6) is 1.65. The molecule has 0 amide bonds. The van der Waals surface area contributed by atoms with Crippen LogP contribution in [0.2, 0.25) is 5.02 Å². The van der Waals surface area contributed by atoms with E-state index in [-0.39, 0.29) is 0 Å². The van der Waals surface area contributed by atoms with Crippen molar-refractivity contribution in [2.45, 2.75) is 12.5 Å². The topological polar surface area (TPSA) is 61.8 Å². The minimum absolute atomic E-state index is 0.330. The number of hydrogen-bond acceptors (Lipinski definition) is 4. The molecule has 0 radical (unpaired) electrons. The third-order valence-electron chi connectivity index (χ3n) is 3.39. The van der Waals surface area contributed by atoms with Gasteiger partial charge in [-0.15, -0.1) is 0 Å². The van der Waals surface area contributed by atoms with E-state index in [9.17, 15) is 0 Å². The molecule has 1 fully saturated rings. The van der Waals surface area contributed by atoms with E-state index in [4.69, 9.17) is 16.3 Å². The van der Waals surface area contributed by atoms with Crippen LogP contribution in [0.4, 0.5) is 5.82 Å². The van der Waals surface area contributed by atoms with E-state index >= 15 is 0 Å². The lowest BCUT2D eigenvalue weighted by Crippen LogP contribution is -2.45. The van der Waals surface area contributed by atoms with E-state index in [1.807, 2.05) is 12.1 Å². The number of halogens is 1. The van der Waals surface area contributed by atoms with Crippen LogP contribution < -0.4 is 15.5 Å². The number of nitrogens with zero attached hydrogens (tertiary/aromatic N) is 3. The Balaban J connectivity index is 1.86. The molecule has 6 nitrogen and oxygen atoms in total. The van der Waals surface area contributed by atoms with E-state index < -0.39 is 0 Å². The SMILES string of the molecule is CN=C(NCCOC)NC1CCN(c2ncccc2Cl)C1. The lowest BCUT2D eigenvalue weighted by atomic mass is 10.3. The number of guanidine groups is 1. The molecule has 1 unspecified atom stereocenters. The van der Waals surface area contributed by atoms with Gasteiger partial charge in [0.25, 0.3) is 0 Å². The number of methoxy groups -OCH3 is 1. The number of nitrogens with one attached hydrogen (secondary N) is 2. The van der Waals surface area contributed by atoms with Gasteiger partial charge in [-0.25, -0.2) is 4.98 Å². The van der Waals surface area contributed by atoms with Gasteiger partial charge in [-0.2, -0.15) is 0 Å². The molecule has 2 rings (SSSR count). The number of rotatable bonds is 5. The molecule has 0 bridgehead atoms. The number of pyridine rings is 1. The highest BCUT2D eigenvalue weighted by atomic mass is 35.5. The Morgan fingerprint density at radius 2 is 2.48 bits per heavy atom. The molecule has 2 N–H and O–H groups in total. The van der Waals surface area contributed by atoms with Crippen LogP contribution in [-0.2, 0) is 4.74 Å². The zero-order chi connectivity index (χ0) is 15.1. The largest absolute Gasteiger partial charge is 0.383 e. The van der Waals surface area contributed by atoms with Crippen LogP contribution in [0.25, 0.3) is 0 Å². The van der Waals surface area contributed by atoms with Crippen molar-refractivity contribution in [3.8, 4) is 0 Å². The lowest BCUT2D eigenvalue weighted by Gasteiger charge is -2.20. The zero-order valence-corrected chi connectivity index (χ0v) is 13.2. The molecular weight excluding hydrogens is 290 g/mol. The predicted octanol–water partition coefficient (Wildman–Crippen LogP) is 1.13. The van der Waals surface area contributed by atoms with Gasteiger partial charge in [0.2, 0.25) is 0 Å². The normalized spacial score (nSPS) is 18.9. The fraction of sp³-hybridized carbons (Fsp3) is 0.571. The van der Waals surface area contributed by atoms with Crippen molar-refractivity contribution in [3.63, 3.8) is 0 Å². The summed E-state index contributed by atoms with van der Waals surface area (Å²) in [6, 6.07) is 4.05. The second-order valence-electron chi connectivity index (χ2n) is 4.88. The van der Waals surface area contributed by atoms with Crippen molar-refractivity contribution in [1.29, 1.82) is 0 Å². The average Bonchev–Trinajstić information content (AvgIpc) is 2.95. The quantitative estimate of drug-likeness (QED) is 0.485. The molecule has 1 saturated heterocycles. The van der Waals surface area contributed by atoms with Crippen LogP contribution in [0.1, 0.15) is 6.42 Å². The molecule has 21 heavy (non-hydrogen) atoms. The molecule has 116 valence electrons. The van der Waals surface area contributed by atoms with Gasteiger partial charge in [0, 0.05) is 46.0 Å². The Kier molecular flexibility index (Phi) is 6.07. The Labute approximate surface area is 130 Å². The molecule has 0 spiro atoms. The van der Waals surface area contributed by atoms with Gasteiger partial charge in [-0.1, -0.05) is 11.6 Å². The Hall–Kier alpha value is -1.53. The summed E-state index contributed by atoms with van der Waals surface area (Å²) in [5, 5.41) is 7.33. The van der Waals surface area contributed by atoms with E-state index in [1.165, 1.54) is 0 Å². The number of ether oxygens (including phenoxy) is 1. The van der Waals surface area contributed by atoms with Crippen molar-refractivity contribution in [3.05, 3.63) is 23.4 Å². The maximum Gasteiger partial charge on any atom is 0.191 e. The first-order valence-corrected chi connectivity index (χ1v) is 7.44. The Morgan fingerprint density at radius 3 is 3.19 bits per heavy atom. The van der Waals surface area contributed by atoms with Crippen molar-refractivity contribution in [1.82, 2.24) is 15.6 Å². The molecule has 0 aliphatic carbocycles. The maximum atomic E-state index is 6.19. The summed E-state index contributed by atoms with van der Waals surface area (Å²) < 4.78 is 5.02. The zero-order valence-electron chi connectivity index (χ0n) is 12.5. The van der Waals surface area contributed by atoms with Crippen LogP contribution in [0.5, 0.6) is 0 Å². The van der Waals surface area contributed by atoms with Gasteiger partial charge in [0.05, 0.1) is 11.6 Å². The highest BCUT2D eigenvalue weighted by Gasteiger charge is 2.25. The number of aliphatic imine (C=N–C) groups is 1. The molecular formula is C14H22ClN5O. The molecule has 1 aliphatic heterocycles. The van der Waals surface area contributed by atoms with Crippen LogP contribution in [0.15, 0.2) is 23.3 Å². The van der Waals surface area contributed by atoms with Crippen molar-refractivity contribution in [2.24, 2.45) is 4.99 Å². The van der Waals surface area contributed by atoms with Gasteiger partial charge in [0.1, 0.15) is 5.82 Å². The number of aromatic nitrogens is 1. The molecule has 7 heteroatoms. The van der Waals surface area contributed by atoms with Crippen molar-refractivity contribution < 1.29 is 4.74 Å². The fourth-order valence-electron chi connectivity index (χ4n) is 2.34. The van der Waals surface area contributed by atoms with E-state index in [0.717, 1.165) is 37.8 Å². The molecule has 1 aromatic rings. The summed E-state index contributed by atoms with van der Waals surface area (Å²) in [6.07, 6.45) is 2.80. The Morgan fingerprint density at radius 1 is 1.62 bits per heavy atom. The van der Waals surface area contributed by atoms with E-state index in [1.54, 1.807) is 20.4 Å². The van der Waals surface area contributed by atoms with Gasteiger partial charge in [-0.3, -0.25) is 4.99 Å². The summed E-state index contributed by atoms with van der Waals surface area (Å²) in [7, 11) is 3.45. The monoisotopic (exact) mass is 311 g/mol. The summed E-state index contributed by atoms with van der Waals surface area (Å²) in [4.78, 5) is 10.8. The van der Waals surface area contributed by atoms with Gasteiger partial charge >= 0.3 is 0 Å². The maximum absolute atomic E-state index is 6.19. The first kappa shape index (κ1) is 15.9. The van der Waals surface area contributed by atoms with Crippen LogP contribution in [0.3, 0.4) is 0 Å². The molecule has 1 aliphatic rings. The Bertz CT molecular complexity index is 482. The number of anilines is 1. The van der Waals surface area contributed by atoms with Crippen LogP contribution in [0, 0.1) is 0 Å². The van der Waals surface area contributed by atoms with Gasteiger partial charge in [-0.05, 0) is 18.6 Å². The van der Waals surface area contributed by atoms with Gasteiger partial charge in [0.15, 0.2) is 5.96 Å². The van der Waals surface area contributed by atoms with Crippen molar-refractivity contribution in [2.75, 3.05) is 45.3 Å². The fourth-order valence-corrected chi connectivity index (χ4v) is 2.58. The standard InChI is InChI=1S/C14H22ClN5O/c1-16-14(18-7-9-21-2)19-11-5-8-20(10-11)13-12(15)4-3-6-17-13/h3-4,6,11H,5,7-10H2,1-2H3,(H2,16,18,19). The lowest BCUT2D eigenvalue weighted by molar-refractivity contribution is 0.203. The first-order chi connectivity index (χ1) is 10.2. The summed E-state index contributed by atoms with van der Waals surface area (Å²) in [6.45, 7) is 3.19. The minimum atomic E-state index is 0.330. The molecule has 1 aromatic heterocycles. The minimum Gasteiger partial charge on any atom is -0.383 e. The smallest absolute Gasteiger partial charge is 0.191 e.